The van der Waals surface area contributed by atoms with Crippen molar-refractivity contribution in [3.05, 3.63) is 65.2 Å². The Labute approximate surface area is 149 Å². The van der Waals surface area contributed by atoms with Crippen molar-refractivity contribution in [1.82, 2.24) is 4.90 Å². The van der Waals surface area contributed by atoms with Crippen molar-refractivity contribution in [1.29, 1.82) is 5.26 Å². The van der Waals surface area contributed by atoms with Gasteiger partial charge in [0.2, 0.25) is 0 Å². The van der Waals surface area contributed by atoms with Gasteiger partial charge < -0.3 is 9.84 Å². The normalized spacial score (nSPS) is 17.0. The van der Waals surface area contributed by atoms with Crippen LogP contribution in [0.1, 0.15) is 35.6 Å². The maximum atomic E-state index is 10.6. The van der Waals surface area contributed by atoms with Crippen LogP contribution in [0.3, 0.4) is 0 Å². The second kappa shape index (κ2) is 8.15. The first kappa shape index (κ1) is 17.5. The summed E-state index contributed by atoms with van der Waals surface area (Å²) in [7, 11) is 1.58. The van der Waals surface area contributed by atoms with Gasteiger partial charge in [0.15, 0.2) is 0 Å². The van der Waals surface area contributed by atoms with Gasteiger partial charge in [-0.15, -0.1) is 0 Å². The molecule has 0 spiro atoms. The fourth-order valence-corrected chi connectivity index (χ4v) is 3.55. The van der Waals surface area contributed by atoms with Crippen LogP contribution < -0.4 is 4.74 Å². The number of likely N-dealkylation sites (tertiary alicyclic amines) is 1. The third kappa shape index (κ3) is 4.19. The summed E-state index contributed by atoms with van der Waals surface area (Å²) < 4.78 is 5.20. The first-order chi connectivity index (χ1) is 12.2. The highest BCUT2D eigenvalue weighted by Gasteiger charge is 2.26. The molecule has 1 saturated heterocycles. The number of rotatable bonds is 5. The standard InChI is InChI=1S/C21H24N2O2/c1-25-20-8-7-16(13-19(20)14-22)15-23-11-9-18(10-12-23)21(24)17-5-3-2-4-6-17/h2-8,13,18,21,24H,9-12,15H2,1H3. The van der Waals surface area contributed by atoms with E-state index in [2.05, 4.69) is 11.0 Å². The van der Waals surface area contributed by atoms with E-state index in [0.717, 1.165) is 43.6 Å². The van der Waals surface area contributed by atoms with Crippen molar-refractivity contribution in [2.45, 2.75) is 25.5 Å². The smallest absolute Gasteiger partial charge is 0.136 e. The number of aliphatic hydroxyl groups excluding tert-OH is 1. The molecule has 1 atom stereocenters. The maximum absolute atomic E-state index is 10.6. The molecule has 1 aliphatic heterocycles. The van der Waals surface area contributed by atoms with Crippen LogP contribution in [0.5, 0.6) is 5.75 Å². The van der Waals surface area contributed by atoms with E-state index in [0.29, 0.717) is 17.2 Å². The Balaban J connectivity index is 1.57. The summed E-state index contributed by atoms with van der Waals surface area (Å²) in [5.74, 6) is 0.931. The van der Waals surface area contributed by atoms with Crippen LogP contribution in [-0.2, 0) is 6.54 Å². The van der Waals surface area contributed by atoms with Gasteiger partial charge in [0.05, 0.1) is 18.8 Å². The van der Waals surface area contributed by atoms with Crippen LogP contribution in [0, 0.1) is 17.2 Å². The molecule has 4 nitrogen and oxygen atoms in total. The minimum Gasteiger partial charge on any atom is -0.495 e. The number of methoxy groups -OCH3 is 1. The summed E-state index contributed by atoms with van der Waals surface area (Å²) in [6, 6.07) is 17.9. The van der Waals surface area contributed by atoms with Gasteiger partial charge >= 0.3 is 0 Å². The van der Waals surface area contributed by atoms with E-state index in [4.69, 9.17) is 4.74 Å². The van der Waals surface area contributed by atoms with E-state index in [-0.39, 0.29) is 6.10 Å². The Bertz CT molecular complexity index is 731. The van der Waals surface area contributed by atoms with Crippen LogP contribution in [0.4, 0.5) is 0 Å². The Morgan fingerprint density at radius 2 is 1.92 bits per heavy atom. The molecule has 2 aromatic carbocycles. The van der Waals surface area contributed by atoms with E-state index in [1.807, 2.05) is 48.5 Å². The Morgan fingerprint density at radius 1 is 1.20 bits per heavy atom. The monoisotopic (exact) mass is 336 g/mol. The van der Waals surface area contributed by atoms with Crippen LogP contribution in [-0.4, -0.2) is 30.2 Å². The fourth-order valence-electron chi connectivity index (χ4n) is 3.55. The molecule has 0 radical (unpaired) electrons. The van der Waals surface area contributed by atoms with Gasteiger partial charge in [0.1, 0.15) is 11.8 Å². The quantitative estimate of drug-likeness (QED) is 0.908. The highest BCUT2D eigenvalue weighted by Crippen LogP contribution is 2.31. The van der Waals surface area contributed by atoms with Gasteiger partial charge in [-0.2, -0.15) is 5.26 Å². The molecule has 4 heteroatoms. The minimum absolute atomic E-state index is 0.309. The van der Waals surface area contributed by atoms with Crippen LogP contribution in [0.15, 0.2) is 48.5 Å². The van der Waals surface area contributed by atoms with Crippen molar-refractivity contribution in [2.75, 3.05) is 20.2 Å². The largest absolute Gasteiger partial charge is 0.495 e. The lowest BCUT2D eigenvalue weighted by molar-refractivity contribution is 0.0568. The number of hydrogen-bond acceptors (Lipinski definition) is 4. The first-order valence-corrected chi connectivity index (χ1v) is 8.73. The average Bonchev–Trinajstić information content (AvgIpc) is 2.68. The Hall–Kier alpha value is -2.35. The Kier molecular flexibility index (Phi) is 5.70. The Morgan fingerprint density at radius 3 is 2.56 bits per heavy atom. The van der Waals surface area contributed by atoms with Crippen molar-refractivity contribution < 1.29 is 9.84 Å². The van der Waals surface area contributed by atoms with Crippen molar-refractivity contribution in [3.8, 4) is 11.8 Å². The fraction of sp³-hybridized carbons (Fsp3) is 0.381. The van der Waals surface area contributed by atoms with Gasteiger partial charge in [-0.05, 0) is 55.1 Å². The van der Waals surface area contributed by atoms with Crippen LogP contribution in [0.2, 0.25) is 0 Å². The van der Waals surface area contributed by atoms with E-state index in [9.17, 15) is 10.4 Å². The number of nitrogens with zero attached hydrogens (tertiary/aromatic N) is 2. The zero-order chi connectivity index (χ0) is 17.6. The summed E-state index contributed by atoms with van der Waals surface area (Å²) in [6.45, 7) is 2.75. The highest BCUT2D eigenvalue weighted by molar-refractivity contribution is 5.45. The summed E-state index contributed by atoms with van der Waals surface area (Å²) >= 11 is 0. The zero-order valence-corrected chi connectivity index (χ0v) is 14.6. The zero-order valence-electron chi connectivity index (χ0n) is 14.6. The molecule has 3 rings (SSSR count). The van der Waals surface area contributed by atoms with E-state index < -0.39 is 0 Å². The predicted molar refractivity (Wildman–Crippen MR) is 97.1 cm³/mol. The molecular weight excluding hydrogens is 312 g/mol. The molecule has 1 heterocycles. The molecule has 0 saturated carbocycles. The molecule has 0 amide bonds. The second-order valence-electron chi connectivity index (χ2n) is 6.62. The number of benzene rings is 2. The van der Waals surface area contributed by atoms with Gasteiger partial charge in [-0.25, -0.2) is 0 Å². The van der Waals surface area contributed by atoms with Gasteiger partial charge in [-0.3, -0.25) is 4.90 Å². The van der Waals surface area contributed by atoms with Crippen molar-refractivity contribution in [3.63, 3.8) is 0 Å². The van der Waals surface area contributed by atoms with Crippen molar-refractivity contribution >= 4 is 0 Å². The first-order valence-electron chi connectivity index (χ1n) is 8.73. The van der Waals surface area contributed by atoms with Crippen molar-refractivity contribution in [2.24, 2.45) is 5.92 Å². The average molecular weight is 336 g/mol. The third-order valence-corrected chi connectivity index (χ3v) is 5.01. The summed E-state index contributed by atoms with van der Waals surface area (Å²) in [5, 5.41) is 19.8. The predicted octanol–water partition coefficient (Wildman–Crippen LogP) is 3.51. The molecule has 0 bridgehead atoms. The molecule has 0 aliphatic carbocycles. The van der Waals surface area contributed by atoms with E-state index >= 15 is 0 Å². The second-order valence-corrected chi connectivity index (χ2v) is 6.62. The molecule has 1 unspecified atom stereocenters. The number of ether oxygens (including phenoxy) is 1. The molecule has 1 aliphatic rings. The number of aliphatic hydroxyl groups is 1. The molecule has 1 N–H and O–H groups in total. The lowest BCUT2D eigenvalue weighted by Gasteiger charge is -2.34. The SMILES string of the molecule is COc1ccc(CN2CCC(C(O)c3ccccc3)CC2)cc1C#N. The summed E-state index contributed by atoms with van der Waals surface area (Å²) in [6.07, 6.45) is 1.59. The lowest BCUT2D eigenvalue weighted by Crippen LogP contribution is -2.35. The molecule has 2 aromatic rings. The number of nitriles is 1. The maximum Gasteiger partial charge on any atom is 0.136 e. The van der Waals surface area contributed by atoms with Gasteiger partial charge in [0.25, 0.3) is 0 Å². The highest BCUT2D eigenvalue weighted by atomic mass is 16.5. The van der Waals surface area contributed by atoms with Crippen LogP contribution in [0.25, 0.3) is 0 Å². The third-order valence-electron chi connectivity index (χ3n) is 5.01. The lowest BCUT2D eigenvalue weighted by atomic mass is 9.87. The van der Waals surface area contributed by atoms with E-state index in [1.54, 1.807) is 7.11 Å². The molecule has 25 heavy (non-hydrogen) atoms. The van der Waals surface area contributed by atoms with Crippen LogP contribution >= 0.6 is 0 Å². The number of piperidine rings is 1. The van der Waals surface area contributed by atoms with E-state index in [1.165, 1.54) is 0 Å². The minimum atomic E-state index is -0.380. The van der Waals surface area contributed by atoms with Gasteiger partial charge in [0, 0.05) is 6.54 Å². The molecule has 0 aromatic heterocycles. The molecular formula is C21H24N2O2. The number of hydrogen-bond donors (Lipinski definition) is 1. The summed E-state index contributed by atoms with van der Waals surface area (Å²) in [5.41, 5.74) is 2.71. The molecule has 1 fully saturated rings. The topological polar surface area (TPSA) is 56.5 Å². The van der Waals surface area contributed by atoms with Gasteiger partial charge in [-0.1, -0.05) is 36.4 Å². The summed E-state index contributed by atoms with van der Waals surface area (Å²) in [4.78, 5) is 2.39. The molecule has 130 valence electrons.